The highest BCUT2D eigenvalue weighted by Crippen LogP contribution is 2.29. The summed E-state index contributed by atoms with van der Waals surface area (Å²) in [6, 6.07) is 7.75. The van der Waals surface area contributed by atoms with Crippen LogP contribution in [0.15, 0.2) is 42.7 Å². The Balaban J connectivity index is 2.28. The molecule has 20 heavy (non-hydrogen) atoms. The van der Waals surface area contributed by atoms with Crippen LogP contribution in [0.25, 0.3) is 0 Å². The summed E-state index contributed by atoms with van der Waals surface area (Å²) in [6.07, 6.45) is 3.60. The first kappa shape index (κ1) is 13.8. The Hall–Kier alpha value is -2.63. The molecule has 1 atom stereocenters. The molecule has 1 heterocycles. The SMILES string of the molecule is CCC(Nc1ccc(O)cc1)c1cnccc1[N+](=O)[O-]. The van der Waals surface area contributed by atoms with Gasteiger partial charge in [0, 0.05) is 24.1 Å². The number of nitrogens with one attached hydrogen (secondary N) is 1. The smallest absolute Gasteiger partial charge is 0.277 e. The van der Waals surface area contributed by atoms with Crippen LogP contribution in [0.2, 0.25) is 0 Å². The van der Waals surface area contributed by atoms with Crippen LogP contribution in [0.5, 0.6) is 5.75 Å². The Morgan fingerprint density at radius 1 is 1.35 bits per heavy atom. The lowest BCUT2D eigenvalue weighted by atomic mass is 10.0. The number of anilines is 1. The van der Waals surface area contributed by atoms with Gasteiger partial charge in [-0.1, -0.05) is 6.92 Å². The predicted molar refractivity (Wildman–Crippen MR) is 75.7 cm³/mol. The van der Waals surface area contributed by atoms with E-state index < -0.39 is 4.92 Å². The van der Waals surface area contributed by atoms with Crippen molar-refractivity contribution in [1.82, 2.24) is 4.98 Å². The summed E-state index contributed by atoms with van der Waals surface area (Å²) in [4.78, 5) is 14.6. The summed E-state index contributed by atoms with van der Waals surface area (Å²) in [5, 5.41) is 23.5. The summed E-state index contributed by atoms with van der Waals surface area (Å²) >= 11 is 0. The van der Waals surface area contributed by atoms with E-state index in [-0.39, 0.29) is 17.5 Å². The second-order valence-electron chi connectivity index (χ2n) is 4.34. The molecule has 0 saturated carbocycles. The van der Waals surface area contributed by atoms with Crippen LogP contribution in [-0.2, 0) is 0 Å². The molecule has 0 spiro atoms. The molecule has 1 unspecified atom stereocenters. The topological polar surface area (TPSA) is 88.3 Å². The van der Waals surface area contributed by atoms with Crippen molar-refractivity contribution in [1.29, 1.82) is 0 Å². The molecule has 1 aromatic heterocycles. The van der Waals surface area contributed by atoms with Gasteiger partial charge in [0.05, 0.1) is 16.5 Å². The second kappa shape index (κ2) is 6.01. The fourth-order valence-corrected chi connectivity index (χ4v) is 1.99. The summed E-state index contributed by atoms with van der Waals surface area (Å²) < 4.78 is 0. The maximum absolute atomic E-state index is 11.1. The fraction of sp³-hybridized carbons (Fsp3) is 0.214. The molecule has 0 aliphatic carbocycles. The van der Waals surface area contributed by atoms with E-state index in [9.17, 15) is 15.2 Å². The molecule has 6 nitrogen and oxygen atoms in total. The molecule has 0 aliphatic rings. The maximum Gasteiger partial charge on any atom is 0.277 e. The number of benzene rings is 1. The molecular weight excluding hydrogens is 258 g/mol. The van der Waals surface area contributed by atoms with Crippen LogP contribution < -0.4 is 5.32 Å². The number of hydrogen-bond donors (Lipinski definition) is 2. The number of aromatic nitrogens is 1. The van der Waals surface area contributed by atoms with Gasteiger partial charge in [0.15, 0.2) is 0 Å². The minimum atomic E-state index is -0.405. The Morgan fingerprint density at radius 2 is 2.05 bits per heavy atom. The number of phenols is 1. The standard InChI is InChI=1S/C14H15N3O3/c1-2-13(16-10-3-5-11(18)6-4-10)12-9-15-8-7-14(12)17(19)20/h3-9,13,16,18H,2H2,1H3. The molecule has 0 amide bonds. The third kappa shape index (κ3) is 3.03. The number of phenolic OH excluding ortho intramolecular Hbond substituents is 1. The van der Waals surface area contributed by atoms with Crippen LogP contribution in [0.1, 0.15) is 24.9 Å². The van der Waals surface area contributed by atoms with Gasteiger partial charge in [-0.3, -0.25) is 15.1 Å². The zero-order valence-corrected chi connectivity index (χ0v) is 11.0. The molecule has 0 saturated heterocycles. The Labute approximate surface area is 116 Å². The van der Waals surface area contributed by atoms with E-state index >= 15 is 0 Å². The van der Waals surface area contributed by atoms with Crippen molar-refractivity contribution in [3.63, 3.8) is 0 Å². The van der Waals surface area contributed by atoms with Crippen LogP contribution in [0.3, 0.4) is 0 Å². The van der Waals surface area contributed by atoms with E-state index in [1.807, 2.05) is 6.92 Å². The molecule has 1 aromatic carbocycles. The molecule has 0 fully saturated rings. The minimum absolute atomic E-state index is 0.0538. The van der Waals surface area contributed by atoms with Gasteiger partial charge < -0.3 is 10.4 Å². The third-order valence-corrected chi connectivity index (χ3v) is 3.02. The van der Waals surface area contributed by atoms with Gasteiger partial charge in [0.1, 0.15) is 5.75 Å². The Bertz CT molecular complexity index is 599. The van der Waals surface area contributed by atoms with E-state index in [0.717, 1.165) is 5.69 Å². The van der Waals surface area contributed by atoms with Gasteiger partial charge in [0.25, 0.3) is 5.69 Å². The molecule has 104 valence electrons. The largest absolute Gasteiger partial charge is 0.508 e. The van der Waals surface area contributed by atoms with Gasteiger partial charge in [-0.25, -0.2) is 0 Å². The molecule has 6 heteroatoms. The molecule has 2 rings (SSSR count). The highest BCUT2D eigenvalue weighted by atomic mass is 16.6. The fourth-order valence-electron chi connectivity index (χ4n) is 1.99. The average molecular weight is 273 g/mol. The van der Waals surface area contributed by atoms with Crippen LogP contribution in [0, 0.1) is 10.1 Å². The number of aromatic hydroxyl groups is 1. The van der Waals surface area contributed by atoms with Gasteiger partial charge >= 0.3 is 0 Å². The van der Waals surface area contributed by atoms with Gasteiger partial charge in [0.2, 0.25) is 0 Å². The van der Waals surface area contributed by atoms with E-state index in [1.165, 1.54) is 18.5 Å². The zero-order valence-electron chi connectivity index (χ0n) is 11.0. The van der Waals surface area contributed by atoms with Crippen LogP contribution >= 0.6 is 0 Å². The van der Waals surface area contributed by atoms with Gasteiger partial charge in [-0.05, 0) is 30.7 Å². The number of nitro groups is 1. The lowest BCUT2D eigenvalue weighted by Gasteiger charge is -2.18. The lowest BCUT2D eigenvalue weighted by Crippen LogP contribution is -2.12. The molecule has 0 radical (unpaired) electrons. The molecular formula is C14H15N3O3. The summed E-state index contributed by atoms with van der Waals surface area (Å²) in [5.74, 6) is 0.177. The first-order valence-corrected chi connectivity index (χ1v) is 6.25. The summed E-state index contributed by atoms with van der Waals surface area (Å²) in [7, 11) is 0. The van der Waals surface area contributed by atoms with Crippen molar-refractivity contribution >= 4 is 11.4 Å². The Morgan fingerprint density at radius 3 is 2.65 bits per heavy atom. The number of pyridine rings is 1. The number of rotatable bonds is 5. The normalized spacial score (nSPS) is 11.8. The molecule has 0 aliphatic heterocycles. The predicted octanol–water partition coefficient (Wildman–Crippen LogP) is 3.26. The summed E-state index contributed by atoms with van der Waals surface area (Å²) in [5.41, 5.74) is 1.39. The first-order valence-electron chi connectivity index (χ1n) is 6.25. The number of nitrogens with zero attached hydrogens (tertiary/aromatic N) is 2. The quantitative estimate of drug-likeness (QED) is 0.496. The van der Waals surface area contributed by atoms with Crippen LogP contribution in [-0.4, -0.2) is 15.0 Å². The average Bonchev–Trinajstić information content (AvgIpc) is 2.46. The molecule has 0 bridgehead atoms. The Kier molecular flexibility index (Phi) is 4.14. The van der Waals surface area contributed by atoms with Gasteiger partial charge in [-0.2, -0.15) is 0 Å². The monoisotopic (exact) mass is 273 g/mol. The van der Waals surface area contributed by atoms with E-state index in [2.05, 4.69) is 10.3 Å². The van der Waals surface area contributed by atoms with Crippen molar-refractivity contribution < 1.29 is 10.0 Å². The first-order chi connectivity index (χ1) is 9.61. The number of hydrogen-bond acceptors (Lipinski definition) is 5. The van der Waals surface area contributed by atoms with Crippen molar-refractivity contribution in [2.45, 2.75) is 19.4 Å². The van der Waals surface area contributed by atoms with Crippen molar-refractivity contribution in [2.24, 2.45) is 0 Å². The molecule has 2 aromatic rings. The van der Waals surface area contributed by atoms with E-state index in [0.29, 0.717) is 12.0 Å². The highest BCUT2D eigenvalue weighted by molar-refractivity contribution is 5.50. The second-order valence-corrected chi connectivity index (χ2v) is 4.34. The van der Waals surface area contributed by atoms with E-state index in [1.54, 1.807) is 24.3 Å². The third-order valence-electron chi connectivity index (χ3n) is 3.02. The zero-order chi connectivity index (χ0) is 14.5. The minimum Gasteiger partial charge on any atom is -0.508 e. The van der Waals surface area contributed by atoms with Crippen LogP contribution in [0.4, 0.5) is 11.4 Å². The summed E-state index contributed by atoms with van der Waals surface area (Å²) in [6.45, 7) is 1.94. The lowest BCUT2D eigenvalue weighted by molar-refractivity contribution is -0.385. The van der Waals surface area contributed by atoms with Crippen molar-refractivity contribution in [3.8, 4) is 5.75 Å². The van der Waals surface area contributed by atoms with Gasteiger partial charge in [-0.15, -0.1) is 0 Å². The van der Waals surface area contributed by atoms with Crippen molar-refractivity contribution in [2.75, 3.05) is 5.32 Å². The van der Waals surface area contributed by atoms with E-state index in [4.69, 9.17) is 0 Å². The van der Waals surface area contributed by atoms with Crippen molar-refractivity contribution in [3.05, 3.63) is 58.4 Å². The highest BCUT2D eigenvalue weighted by Gasteiger charge is 2.20. The molecule has 2 N–H and O–H groups in total. The maximum atomic E-state index is 11.1.